The van der Waals surface area contributed by atoms with E-state index in [1.807, 2.05) is 31.2 Å². The number of rotatable bonds is 2. The molecular weight excluding hydrogens is 330 g/mol. The molecule has 1 aromatic heterocycles. The zero-order valence-corrected chi connectivity index (χ0v) is 12.9. The number of aromatic nitrogens is 2. The van der Waals surface area contributed by atoms with Crippen molar-refractivity contribution in [1.82, 2.24) is 9.97 Å². The van der Waals surface area contributed by atoms with Crippen molar-refractivity contribution in [3.05, 3.63) is 64.4 Å². The molecule has 104 valence electrons. The predicted molar refractivity (Wildman–Crippen MR) is 86.4 cm³/mol. The molecule has 0 saturated carbocycles. The number of nitrogens with one attached hydrogen (secondary N) is 1. The summed E-state index contributed by atoms with van der Waals surface area (Å²) in [5, 5.41) is 2.90. The Balaban J connectivity index is 1.97. The van der Waals surface area contributed by atoms with Crippen LogP contribution in [0.3, 0.4) is 0 Å². The summed E-state index contributed by atoms with van der Waals surface area (Å²) in [6, 6.07) is 11.2. The first-order chi connectivity index (χ1) is 10.1. The highest BCUT2D eigenvalue weighted by molar-refractivity contribution is 9.10. The average molecular weight is 342 g/mol. The van der Waals surface area contributed by atoms with Crippen molar-refractivity contribution in [2.24, 2.45) is 0 Å². The van der Waals surface area contributed by atoms with Crippen molar-refractivity contribution in [1.29, 1.82) is 0 Å². The van der Waals surface area contributed by atoms with E-state index in [9.17, 15) is 4.79 Å². The molecule has 0 aliphatic carbocycles. The van der Waals surface area contributed by atoms with Crippen LogP contribution in [0.4, 0.5) is 5.69 Å². The fourth-order valence-electron chi connectivity index (χ4n) is 2.18. The first-order valence-corrected chi connectivity index (χ1v) is 7.21. The standard InChI is InChI=1S/C16H12BrN3O/c1-10-7-11(17)9-12(8-10)20-16(21)13-3-2-4-14-15(13)19-6-5-18-14/h2-9H,1H3,(H,20,21). The number of benzene rings is 2. The molecule has 0 saturated heterocycles. The van der Waals surface area contributed by atoms with E-state index in [0.29, 0.717) is 16.6 Å². The normalized spacial score (nSPS) is 10.6. The van der Waals surface area contributed by atoms with Crippen molar-refractivity contribution >= 4 is 38.6 Å². The number of halogens is 1. The van der Waals surface area contributed by atoms with Gasteiger partial charge in [0.05, 0.1) is 11.1 Å². The zero-order chi connectivity index (χ0) is 14.8. The molecule has 21 heavy (non-hydrogen) atoms. The maximum atomic E-state index is 12.5. The number of carbonyl (C=O) groups is 1. The summed E-state index contributed by atoms with van der Waals surface area (Å²) in [5.41, 5.74) is 3.63. The first-order valence-electron chi connectivity index (χ1n) is 6.42. The quantitative estimate of drug-likeness (QED) is 0.767. The van der Waals surface area contributed by atoms with Crippen molar-refractivity contribution < 1.29 is 4.79 Å². The molecule has 0 fully saturated rings. The van der Waals surface area contributed by atoms with Crippen LogP contribution in [0, 0.1) is 6.92 Å². The molecule has 0 bridgehead atoms. The molecule has 0 unspecified atom stereocenters. The summed E-state index contributed by atoms with van der Waals surface area (Å²) in [4.78, 5) is 20.9. The molecule has 1 heterocycles. The van der Waals surface area contributed by atoms with Crippen LogP contribution in [0.5, 0.6) is 0 Å². The van der Waals surface area contributed by atoms with Crippen LogP contribution >= 0.6 is 15.9 Å². The second-order valence-corrected chi connectivity index (χ2v) is 5.62. The monoisotopic (exact) mass is 341 g/mol. The fraction of sp³-hybridized carbons (Fsp3) is 0.0625. The number of carbonyl (C=O) groups excluding carboxylic acids is 1. The Bertz CT molecular complexity index is 807. The number of amides is 1. The van der Waals surface area contributed by atoms with E-state index in [1.54, 1.807) is 24.5 Å². The van der Waals surface area contributed by atoms with Gasteiger partial charge >= 0.3 is 0 Å². The Hall–Kier alpha value is -2.27. The van der Waals surface area contributed by atoms with Gasteiger partial charge in [0.1, 0.15) is 5.52 Å². The molecular formula is C16H12BrN3O. The Morgan fingerprint density at radius 1 is 1.14 bits per heavy atom. The van der Waals surface area contributed by atoms with Crippen LogP contribution in [0.15, 0.2) is 53.3 Å². The van der Waals surface area contributed by atoms with Gasteiger partial charge in [-0.3, -0.25) is 14.8 Å². The first kappa shape index (κ1) is 13.7. The van der Waals surface area contributed by atoms with Crippen LogP contribution in [0.2, 0.25) is 0 Å². The van der Waals surface area contributed by atoms with Gasteiger partial charge in [-0.2, -0.15) is 0 Å². The van der Waals surface area contributed by atoms with Crippen LogP contribution < -0.4 is 5.32 Å². The minimum atomic E-state index is -0.196. The van der Waals surface area contributed by atoms with Gasteiger partial charge < -0.3 is 5.32 Å². The summed E-state index contributed by atoms with van der Waals surface area (Å²) in [5.74, 6) is -0.196. The Kier molecular flexibility index (Phi) is 3.66. The third-order valence-electron chi connectivity index (χ3n) is 3.04. The molecule has 1 amide bonds. The van der Waals surface area contributed by atoms with Gasteiger partial charge in [0.2, 0.25) is 0 Å². The number of anilines is 1. The molecule has 0 atom stereocenters. The molecule has 3 rings (SSSR count). The lowest BCUT2D eigenvalue weighted by atomic mass is 10.1. The summed E-state index contributed by atoms with van der Waals surface area (Å²) in [7, 11) is 0. The van der Waals surface area contributed by atoms with Crippen LogP contribution in [0.25, 0.3) is 11.0 Å². The number of fused-ring (bicyclic) bond motifs is 1. The van der Waals surface area contributed by atoms with Gasteiger partial charge in [-0.1, -0.05) is 22.0 Å². The van der Waals surface area contributed by atoms with Crippen molar-refractivity contribution in [3.63, 3.8) is 0 Å². The molecule has 2 aromatic carbocycles. The average Bonchev–Trinajstić information content (AvgIpc) is 2.45. The Morgan fingerprint density at radius 3 is 2.76 bits per heavy atom. The summed E-state index contributed by atoms with van der Waals surface area (Å²) in [6.07, 6.45) is 3.20. The maximum Gasteiger partial charge on any atom is 0.257 e. The largest absolute Gasteiger partial charge is 0.322 e. The molecule has 0 aliphatic heterocycles. The second kappa shape index (κ2) is 5.61. The maximum absolute atomic E-state index is 12.5. The molecule has 3 aromatic rings. The van der Waals surface area contributed by atoms with Crippen LogP contribution in [0.1, 0.15) is 15.9 Å². The lowest BCUT2D eigenvalue weighted by Gasteiger charge is -2.08. The molecule has 4 nitrogen and oxygen atoms in total. The van der Waals surface area contributed by atoms with Gasteiger partial charge in [-0.05, 0) is 42.8 Å². The number of nitrogens with zero attached hydrogens (tertiary/aromatic N) is 2. The summed E-state index contributed by atoms with van der Waals surface area (Å²) >= 11 is 3.43. The molecule has 0 radical (unpaired) electrons. The molecule has 5 heteroatoms. The number of hydrogen-bond donors (Lipinski definition) is 1. The predicted octanol–water partition coefficient (Wildman–Crippen LogP) is 3.95. The van der Waals surface area contributed by atoms with E-state index in [4.69, 9.17) is 0 Å². The molecule has 0 spiro atoms. The Labute approximate surface area is 130 Å². The summed E-state index contributed by atoms with van der Waals surface area (Å²) < 4.78 is 0.926. The topological polar surface area (TPSA) is 54.9 Å². The SMILES string of the molecule is Cc1cc(Br)cc(NC(=O)c2cccc3nccnc23)c1. The van der Waals surface area contributed by atoms with Gasteiger partial charge in [-0.15, -0.1) is 0 Å². The third kappa shape index (κ3) is 2.92. The summed E-state index contributed by atoms with van der Waals surface area (Å²) in [6.45, 7) is 1.98. The number of hydrogen-bond acceptors (Lipinski definition) is 3. The number of aryl methyl sites for hydroxylation is 1. The lowest BCUT2D eigenvalue weighted by molar-refractivity contribution is 0.102. The smallest absolute Gasteiger partial charge is 0.257 e. The van der Waals surface area contributed by atoms with Crippen LogP contribution in [-0.2, 0) is 0 Å². The van der Waals surface area contributed by atoms with E-state index >= 15 is 0 Å². The molecule has 0 aliphatic rings. The Morgan fingerprint density at radius 2 is 1.95 bits per heavy atom. The van der Waals surface area contributed by atoms with E-state index in [-0.39, 0.29) is 5.91 Å². The highest BCUT2D eigenvalue weighted by Crippen LogP contribution is 2.21. The minimum absolute atomic E-state index is 0.196. The number of para-hydroxylation sites is 1. The molecule has 1 N–H and O–H groups in total. The highest BCUT2D eigenvalue weighted by atomic mass is 79.9. The van der Waals surface area contributed by atoms with Gasteiger partial charge in [-0.25, -0.2) is 0 Å². The van der Waals surface area contributed by atoms with Gasteiger partial charge in [0.25, 0.3) is 5.91 Å². The van der Waals surface area contributed by atoms with Gasteiger partial charge in [0, 0.05) is 22.6 Å². The third-order valence-corrected chi connectivity index (χ3v) is 3.50. The van der Waals surface area contributed by atoms with E-state index < -0.39 is 0 Å². The lowest BCUT2D eigenvalue weighted by Crippen LogP contribution is -2.13. The van der Waals surface area contributed by atoms with Crippen molar-refractivity contribution in [2.45, 2.75) is 6.92 Å². The highest BCUT2D eigenvalue weighted by Gasteiger charge is 2.12. The van der Waals surface area contributed by atoms with E-state index in [1.165, 1.54) is 0 Å². The van der Waals surface area contributed by atoms with Crippen molar-refractivity contribution in [2.75, 3.05) is 5.32 Å². The second-order valence-electron chi connectivity index (χ2n) is 4.70. The zero-order valence-electron chi connectivity index (χ0n) is 11.3. The fourth-order valence-corrected chi connectivity index (χ4v) is 2.79. The van der Waals surface area contributed by atoms with Crippen molar-refractivity contribution in [3.8, 4) is 0 Å². The minimum Gasteiger partial charge on any atom is -0.322 e. The van der Waals surface area contributed by atoms with E-state index in [0.717, 1.165) is 15.7 Å². The van der Waals surface area contributed by atoms with Crippen LogP contribution in [-0.4, -0.2) is 15.9 Å². The van der Waals surface area contributed by atoms with Gasteiger partial charge in [0.15, 0.2) is 0 Å². The van der Waals surface area contributed by atoms with E-state index in [2.05, 4.69) is 31.2 Å².